The van der Waals surface area contributed by atoms with Gasteiger partial charge in [-0.3, -0.25) is 4.90 Å². The predicted octanol–water partition coefficient (Wildman–Crippen LogP) is 4.04. The number of benzene rings is 3. The zero-order valence-electron chi connectivity index (χ0n) is 17.3. The highest BCUT2D eigenvalue weighted by Gasteiger charge is 2.23. The highest BCUT2D eigenvalue weighted by atomic mass is 32.2. The van der Waals surface area contributed by atoms with Gasteiger partial charge in [0.25, 0.3) is 0 Å². The van der Waals surface area contributed by atoms with Crippen molar-refractivity contribution in [2.45, 2.75) is 17.5 Å². The number of rotatable bonds is 7. The first-order chi connectivity index (χ1) is 15.0. The summed E-state index contributed by atoms with van der Waals surface area (Å²) in [6, 6.07) is 23.2. The van der Waals surface area contributed by atoms with E-state index >= 15 is 0 Å². The molecule has 1 fully saturated rings. The maximum absolute atomic E-state index is 12.4. The molecule has 1 aliphatic rings. The summed E-state index contributed by atoms with van der Waals surface area (Å²) in [5.41, 5.74) is 2.21. The van der Waals surface area contributed by atoms with Crippen LogP contribution in [0.1, 0.15) is 17.2 Å². The minimum Gasteiger partial charge on any atom is -0.497 e. The third kappa shape index (κ3) is 5.44. The van der Waals surface area contributed by atoms with Crippen LogP contribution in [0.25, 0.3) is 0 Å². The number of nitrogens with zero attached hydrogens (tertiary/aromatic N) is 1. The Morgan fingerprint density at radius 3 is 2.29 bits per heavy atom. The summed E-state index contributed by atoms with van der Waals surface area (Å²) >= 11 is 0. The predicted molar refractivity (Wildman–Crippen MR) is 118 cm³/mol. The lowest BCUT2D eigenvalue weighted by molar-refractivity contribution is -0.0329. The molecule has 3 aromatic carbocycles. The van der Waals surface area contributed by atoms with Crippen LogP contribution in [0.3, 0.4) is 0 Å². The Bertz CT molecular complexity index is 1080. The Morgan fingerprint density at radius 2 is 1.61 bits per heavy atom. The van der Waals surface area contributed by atoms with E-state index in [4.69, 9.17) is 13.7 Å². The molecule has 31 heavy (non-hydrogen) atoms. The normalized spacial score (nSPS) is 17.3. The monoisotopic (exact) mass is 439 g/mol. The molecule has 3 aromatic rings. The molecule has 0 radical (unpaired) electrons. The smallest absolute Gasteiger partial charge is 0.339 e. The maximum atomic E-state index is 12.4. The molecule has 1 unspecified atom stereocenters. The van der Waals surface area contributed by atoms with Gasteiger partial charge in [0.15, 0.2) is 0 Å². The molecule has 1 heterocycles. The van der Waals surface area contributed by atoms with Gasteiger partial charge in [-0.25, -0.2) is 0 Å². The summed E-state index contributed by atoms with van der Waals surface area (Å²) in [4.78, 5) is 2.48. The lowest BCUT2D eigenvalue weighted by Crippen LogP contribution is -2.37. The fraction of sp³-hybridized carbons (Fsp3) is 0.250. The number of ether oxygens (including phenoxy) is 2. The summed E-state index contributed by atoms with van der Waals surface area (Å²) in [5, 5.41) is 0. The molecular formula is C24H25NO5S. The van der Waals surface area contributed by atoms with E-state index < -0.39 is 10.1 Å². The van der Waals surface area contributed by atoms with Crippen molar-refractivity contribution in [3.8, 4) is 11.5 Å². The van der Waals surface area contributed by atoms with E-state index in [1.165, 1.54) is 17.7 Å². The number of morpholine rings is 1. The Balaban J connectivity index is 1.39. The lowest BCUT2D eigenvalue weighted by atomic mass is 10.1. The Labute approximate surface area is 183 Å². The Kier molecular flexibility index (Phi) is 6.56. The van der Waals surface area contributed by atoms with Crippen molar-refractivity contribution in [2.75, 3.05) is 26.8 Å². The molecule has 162 valence electrons. The molecule has 0 bridgehead atoms. The summed E-state index contributed by atoms with van der Waals surface area (Å²) in [6.45, 7) is 3.09. The molecular weight excluding hydrogens is 414 g/mol. The SMILES string of the molecule is COc1ccc(CN2CCOC(c3ccc(OS(=O)(=O)c4ccccc4)cc3)C2)cc1. The molecule has 6 nitrogen and oxygen atoms in total. The molecule has 0 saturated carbocycles. The van der Waals surface area contributed by atoms with E-state index in [1.54, 1.807) is 37.4 Å². The summed E-state index contributed by atoms with van der Waals surface area (Å²) in [6.07, 6.45) is -0.0771. The van der Waals surface area contributed by atoms with Crippen LogP contribution in [-0.4, -0.2) is 40.1 Å². The molecule has 7 heteroatoms. The maximum Gasteiger partial charge on any atom is 0.339 e. The van der Waals surface area contributed by atoms with E-state index in [1.807, 2.05) is 24.3 Å². The molecule has 0 amide bonds. The van der Waals surface area contributed by atoms with Crippen molar-refractivity contribution in [2.24, 2.45) is 0 Å². The third-order valence-electron chi connectivity index (χ3n) is 5.21. The van der Waals surface area contributed by atoms with Crippen LogP contribution < -0.4 is 8.92 Å². The Hall–Kier alpha value is -2.87. The van der Waals surface area contributed by atoms with E-state index in [2.05, 4.69) is 17.0 Å². The van der Waals surface area contributed by atoms with E-state index in [0.29, 0.717) is 6.61 Å². The van der Waals surface area contributed by atoms with Gasteiger partial charge in [0.05, 0.1) is 19.8 Å². The Morgan fingerprint density at radius 1 is 0.935 bits per heavy atom. The zero-order chi connectivity index (χ0) is 21.7. The summed E-state index contributed by atoms with van der Waals surface area (Å²) < 4.78 is 41.2. The number of hydrogen-bond acceptors (Lipinski definition) is 6. The van der Waals surface area contributed by atoms with Gasteiger partial charge in [-0.15, -0.1) is 0 Å². The second kappa shape index (κ2) is 9.51. The fourth-order valence-corrected chi connectivity index (χ4v) is 4.49. The van der Waals surface area contributed by atoms with Crippen molar-refractivity contribution in [3.05, 3.63) is 90.0 Å². The molecule has 0 spiro atoms. The average molecular weight is 440 g/mol. The lowest BCUT2D eigenvalue weighted by Gasteiger charge is -2.33. The van der Waals surface area contributed by atoms with Crippen LogP contribution in [-0.2, 0) is 21.4 Å². The number of methoxy groups -OCH3 is 1. The van der Waals surface area contributed by atoms with Gasteiger partial charge in [-0.2, -0.15) is 8.42 Å². The number of hydrogen-bond donors (Lipinski definition) is 0. The topological polar surface area (TPSA) is 65.1 Å². The van der Waals surface area contributed by atoms with E-state index in [-0.39, 0.29) is 16.7 Å². The molecule has 1 aliphatic heterocycles. The first-order valence-corrected chi connectivity index (χ1v) is 11.5. The van der Waals surface area contributed by atoms with Crippen LogP contribution in [0.4, 0.5) is 0 Å². The van der Waals surface area contributed by atoms with E-state index in [0.717, 1.165) is 30.9 Å². The zero-order valence-corrected chi connectivity index (χ0v) is 18.1. The van der Waals surface area contributed by atoms with Gasteiger partial charge in [0.2, 0.25) is 0 Å². The molecule has 4 rings (SSSR count). The standard InChI is InChI=1S/C24H25NO5S/c1-28-21-11-7-19(8-12-21)17-25-15-16-29-24(18-25)20-9-13-22(14-10-20)30-31(26,27)23-5-3-2-4-6-23/h2-14,24H,15-18H2,1H3. The van der Waals surface area contributed by atoms with Crippen molar-refractivity contribution in [1.29, 1.82) is 0 Å². The quantitative estimate of drug-likeness (QED) is 0.518. The van der Waals surface area contributed by atoms with Gasteiger partial charge in [-0.1, -0.05) is 42.5 Å². The van der Waals surface area contributed by atoms with Crippen LogP contribution in [0.15, 0.2) is 83.8 Å². The van der Waals surface area contributed by atoms with E-state index in [9.17, 15) is 8.42 Å². The minimum atomic E-state index is -3.85. The molecule has 0 N–H and O–H groups in total. The average Bonchev–Trinajstić information content (AvgIpc) is 2.81. The molecule has 0 aromatic heterocycles. The van der Waals surface area contributed by atoms with Crippen LogP contribution in [0.5, 0.6) is 11.5 Å². The van der Waals surface area contributed by atoms with Crippen molar-refractivity contribution < 1.29 is 22.1 Å². The van der Waals surface area contributed by atoms with Gasteiger partial charge < -0.3 is 13.7 Å². The van der Waals surface area contributed by atoms with Crippen LogP contribution in [0.2, 0.25) is 0 Å². The highest BCUT2D eigenvalue weighted by molar-refractivity contribution is 7.87. The minimum absolute atomic E-state index is 0.0771. The second-order valence-corrected chi connectivity index (χ2v) is 8.91. The van der Waals surface area contributed by atoms with Crippen molar-refractivity contribution >= 4 is 10.1 Å². The first kappa shape index (κ1) is 21.4. The van der Waals surface area contributed by atoms with Crippen molar-refractivity contribution in [3.63, 3.8) is 0 Å². The highest BCUT2D eigenvalue weighted by Crippen LogP contribution is 2.26. The molecule has 1 atom stereocenters. The van der Waals surface area contributed by atoms with Gasteiger partial charge in [-0.05, 0) is 47.5 Å². The fourth-order valence-electron chi connectivity index (χ4n) is 3.54. The van der Waals surface area contributed by atoms with Gasteiger partial charge >= 0.3 is 10.1 Å². The van der Waals surface area contributed by atoms with Gasteiger partial charge in [0.1, 0.15) is 16.4 Å². The van der Waals surface area contributed by atoms with Crippen LogP contribution >= 0.6 is 0 Å². The molecule has 1 saturated heterocycles. The largest absolute Gasteiger partial charge is 0.497 e. The van der Waals surface area contributed by atoms with Crippen LogP contribution in [0, 0.1) is 0 Å². The molecule has 0 aliphatic carbocycles. The summed E-state index contributed by atoms with van der Waals surface area (Å²) in [5.74, 6) is 1.12. The third-order valence-corrected chi connectivity index (χ3v) is 6.47. The van der Waals surface area contributed by atoms with Crippen molar-refractivity contribution in [1.82, 2.24) is 4.90 Å². The van der Waals surface area contributed by atoms with Gasteiger partial charge in [0, 0.05) is 19.6 Å². The second-order valence-electron chi connectivity index (χ2n) is 7.36. The first-order valence-electron chi connectivity index (χ1n) is 10.1. The summed E-state index contributed by atoms with van der Waals surface area (Å²) in [7, 11) is -2.19.